The molecule has 0 aromatic carbocycles. The van der Waals surface area contributed by atoms with E-state index >= 15 is 0 Å². The Balaban J connectivity index is 2.68. The summed E-state index contributed by atoms with van der Waals surface area (Å²) in [6.45, 7) is 10.4. The van der Waals surface area contributed by atoms with E-state index in [1.807, 2.05) is 0 Å². The minimum Gasteiger partial charge on any atom is -0.295 e. The quantitative estimate of drug-likeness (QED) is 0.505. The molecule has 1 aliphatic carbocycles. The van der Waals surface area contributed by atoms with Crippen LogP contribution in [0.5, 0.6) is 0 Å². The molecule has 0 amide bonds. The van der Waals surface area contributed by atoms with Crippen LogP contribution in [0.1, 0.15) is 46.5 Å². The SMILES string of the molecule is C=CCCC(=O)/C=C/C1C(C)=CCCC1(C)C. The highest BCUT2D eigenvalue weighted by molar-refractivity contribution is 5.89. The van der Waals surface area contributed by atoms with Crippen molar-refractivity contribution >= 4 is 5.78 Å². The summed E-state index contributed by atoms with van der Waals surface area (Å²) < 4.78 is 0. The Morgan fingerprint density at radius 2 is 2.29 bits per heavy atom. The Kier molecular flexibility index (Phi) is 4.92. The first-order valence-corrected chi connectivity index (χ1v) is 6.46. The van der Waals surface area contributed by atoms with Crippen molar-refractivity contribution < 1.29 is 4.79 Å². The average molecular weight is 232 g/mol. The molecule has 1 heteroatoms. The van der Waals surface area contributed by atoms with Gasteiger partial charge in [-0.1, -0.05) is 37.6 Å². The largest absolute Gasteiger partial charge is 0.295 e. The Labute approximate surface area is 105 Å². The molecule has 0 fully saturated rings. The number of carbonyl (C=O) groups excluding carboxylic acids is 1. The van der Waals surface area contributed by atoms with Gasteiger partial charge in [-0.05, 0) is 37.7 Å². The molecule has 17 heavy (non-hydrogen) atoms. The van der Waals surface area contributed by atoms with Crippen LogP contribution in [0, 0.1) is 11.3 Å². The van der Waals surface area contributed by atoms with E-state index in [1.165, 1.54) is 12.0 Å². The summed E-state index contributed by atoms with van der Waals surface area (Å²) in [7, 11) is 0. The zero-order chi connectivity index (χ0) is 12.9. The molecule has 0 saturated heterocycles. The Morgan fingerprint density at radius 3 is 2.88 bits per heavy atom. The van der Waals surface area contributed by atoms with Gasteiger partial charge in [0.25, 0.3) is 0 Å². The zero-order valence-electron chi connectivity index (χ0n) is 11.3. The number of hydrogen-bond acceptors (Lipinski definition) is 1. The number of ketones is 1. The molecule has 1 aliphatic rings. The lowest BCUT2D eigenvalue weighted by Crippen LogP contribution is -2.26. The summed E-state index contributed by atoms with van der Waals surface area (Å²) in [5.74, 6) is 0.614. The second kappa shape index (κ2) is 6.00. The van der Waals surface area contributed by atoms with Gasteiger partial charge in [-0.2, -0.15) is 0 Å². The summed E-state index contributed by atoms with van der Waals surface area (Å²) in [5, 5.41) is 0. The Morgan fingerprint density at radius 1 is 1.59 bits per heavy atom. The van der Waals surface area contributed by atoms with Gasteiger partial charge in [0.15, 0.2) is 5.78 Å². The predicted octanol–water partition coefficient (Wildman–Crippen LogP) is 4.46. The summed E-state index contributed by atoms with van der Waals surface area (Å²) in [6.07, 6.45) is 11.7. The van der Waals surface area contributed by atoms with Crippen molar-refractivity contribution in [2.45, 2.75) is 46.5 Å². The maximum absolute atomic E-state index is 11.6. The van der Waals surface area contributed by atoms with E-state index in [2.05, 4.69) is 39.5 Å². The lowest BCUT2D eigenvalue weighted by Gasteiger charge is -2.36. The van der Waals surface area contributed by atoms with E-state index in [1.54, 1.807) is 12.2 Å². The molecule has 1 atom stereocenters. The van der Waals surface area contributed by atoms with Crippen LogP contribution in [-0.4, -0.2) is 5.78 Å². The molecule has 1 unspecified atom stereocenters. The minimum absolute atomic E-state index is 0.207. The second-order valence-electron chi connectivity index (χ2n) is 5.61. The zero-order valence-corrected chi connectivity index (χ0v) is 11.3. The molecule has 1 nitrogen and oxygen atoms in total. The molecule has 94 valence electrons. The third kappa shape index (κ3) is 3.99. The number of rotatable bonds is 5. The summed E-state index contributed by atoms with van der Waals surface area (Å²) >= 11 is 0. The third-order valence-corrected chi connectivity index (χ3v) is 3.66. The number of hydrogen-bond donors (Lipinski definition) is 0. The van der Waals surface area contributed by atoms with Gasteiger partial charge < -0.3 is 0 Å². The standard InChI is InChI=1S/C16H24O/c1-5-6-9-14(17)10-11-15-13(2)8-7-12-16(15,3)4/h5,8,10-11,15H,1,6-7,9,12H2,2-4H3/b11-10+. The molecule has 0 bridgehead atoms. The summed E-state index contributed by atoms with van der Waals surface area (Å²) in [4.78, 5) is 11.6. The van der Waals surface area contributed by atoms with Crippen molar-refractivity contribution in [1.82, 2.24) is 0 Å². The Hall–Kier alpha value is -1.11. The number of allylic oxidation sites excluding steroid dienone is 5. The summed E-state index contributed by atoms with van der Waals surface area (Å²) in [5.41, 5.74) is 1.67. The van der Waals surface area contributed by atoms with E-state index in [4.69, 9.17) is 0 Å². The topological polar surface area (TPSA) is 17.1 Å². The molecular weight excluding hydrogens is 208 g/mol. The average Bonchev–Trinajstić information content (AvgIpc) is 2.24. The first-order chi connectivity index (χ1) is 7.97. The molecular formula is C16H24O. The maximum Gasteiger partial charge on any atom is 0.155 e. The molecule has 0 radical (unpaired) electrons. The monoisotopic (exact) mass is 232 g/mol. The molecule has 0 aromatic rings. The second-order valence-corrected chi connectivity index (χ2v) is 5.61. The highest BCUT2D eigenvalue weighted by atomic mass is 16.1. The van der Waals surface area contributed by atoms with Gasteiger partial charge in [-0.25, -0.2) is 0 Å². The first-order valence-electron chi connectivity index (χ1n) is 6.46. The van der Waals surface area contributed by atoms with E-state index in [0.29, 0.717) is 12.3 Å². The highest BCUT2D eigenvalue weighted by Gasteiger charge is 2.30. The minimum atomic E-state index is 0.207. The molecule has 1 rings (SSSR count). The highest BCUT2D eigenvalue weighted by Crippen LogP contribution is 2.41. The van der Waals surface area contributed by atoms with Gasteiger partial charge in [0.1, 0.15) is 0 Å². The smallest absolute Gasteiger partial charge is 0.155 e. The lowest BCUT2D eigenvalue weighted by atomic mass is 9.68. The predicted molar refractivity (Wildman–Crippen MR) is 73.8 cm³/mol. The van der Waals surface area contributed by atoms with Gasteiger partial charge in [0.05, 0.1) is 0 Å². The van der Waals surface area contributed by atoms with Crippen molar-refractivity contribution in [3.63, 3.8) is 0 Å². The van der Waals surface area contributed by atoms with Crippen LogP contribution < -0.4 is 0 Å². The van der Waals surface area contributed by atoms with Crippen molar-refractivity contribution in [2.75, 3.05) is 0 Å². The van der Waals surface area contributed by atoms with Gasteiger partial charge in [-0.15, -0.1) is 6.58 Å². The fraction of sp³-hybridized carbons (Fsp3) is 0.562. The van der Waals surface area contributed by atoms with Crippen LogP contribution in [-0.2, 0) is 4.79 Å². The van der Waals surface area contributed by atoms with Crippen molar-refractivity contribution in [1.29, 1.82) is 0 Å². The van der Waals surface area contributed by atoms with E-state index in [-0.39, 0.29) is 11.2 Å². The van der Waals surface area contributed by atoms with Crippen LogP contribution in [0.15, 0.2) is 36.5 Å². The van der Waals surface area contributed by atoms with Crippen molar-refractivity contribution in [3.8, 4) is 0 Å². The molecule has 0 heterocycles. The van der Waals surface area contributed by atoms with Crippen LogP contribution in [0.2, 0.25) is 0 Å². The molecule has 0 N–H and O–H groups in total. The third-order valence-electron chi connectivity index (χ3n) is 3.66. The first kappa shape index (κ1) is 14.0. The van der Waals surface area contributed by atoms with Gasteiger partial charge >= 0.3 is 0 Å². The molecule has 0 aromatic heterocycles. The maximum atomic E-state index is 11.6. The summed E-state index contributed by atoms with van der Waals surface area (Å²) in [6, 6.07) is 0. The van der Waals surface area contributed by atoms with Crippen LogP contribution >= 0.6 is 0 Å². The molecule has 0 saturated carbocycles. The molecule has 0 aliphatic heterocycles. The van der Waals surface area contributed by atoms with Crippen LogP contribution in [0.4, 0.5) is 0 Å². The van der Waals surface area contributed by atoms with Crippen LogP contribution in [0.3, 0.4) is 0 Å². The normalized spacial score (nSPS) is 23.5. The van der Waals surface area contributed by atoms with Crippen molar-refractivity contribution in [3.05, 3.63) is 36.5 Å². The van der Waals surface area contributed by atoms with Gasteiger partial charge in [0, 0.05) is 12.3 Å². The molecule has 0 spiro atoms. The fourth-order valence-corrected chi connectivity index (χ4v) is 2.51. The number of carbonyl (C=O) groups is 1. The van der Waals surface area contributed by atoms with E-state index in [0.717, 1.165) is 12.8 Å². The Bertz CT molecular complexity index is 345. The van der Waals surface area contributed by atoms with E-state index in [9.17, 15) is 4.79 Å². The fourth-order valence-electron chi connectivity index (χ4n) is 2.51. The van der Waals surface area contributed by atoms with Gasteiger partial charge in [0.2, 0.25) is 0 Å². The van der Waals surface area contributed by atoms with Gasteiger partial charge in [-0.3, -0.25) is 4.79 Å². The van der Waals surface area contributed by atoms with E-state index < -0.39 is 0 Å². The van der Waals surface area contributed by atoms with Crippen LogP contribution in [0.25, 0.3) is 0 Å². The van der Waals surface area contributed by atoms with Crippen molar-refractivity contribution in [2.24, 2.45) is 11.3 Å². The lowest BCUT2D eigenvalue weighted by molar-refractivity contribution is -0.114.